The Bertz CT molecular complexity index is 1660. The van der Waals surface area contributed by atoms with Crippen LogP contribution in [0.15, 0.2) is 73.1 Å². The first-order valence-electron chi connectivity index (χ1n) is 18.3. The van der Waals surface area contributed by atoms with Gasteiger partial charge in [0, 0.05) is 7.11 Å². The lowest BCUT2D eigenvalue weighted by Crippen LogP contribution is -2.33. The number of aromatic hydroxyl groups is 1. The predicted octanol–water partition coefficient (Wildman–Crippen LogP) is 5.41. The van der Waals surface area contributed by atoms with E-state index < -0.39 is 5.91 Å². The van der Waals surface area contributed by atoms with E-state index in [-0.39, 0.29) is 41.4 Å². The van der Waals surface area contributed by atoms with Crippen LogP contribution in [0.5, 0.6) is 17.2 Å². The van der Waals surface area contributed by atoms with Gasteiger partial charge >= 0.3 is 5.91 Å². The number of phenolic OH excluding ortho intramolecular Hbond substituents is 1. The number of hydrogen-bond acceptors (Lipinski definition) is 14. The fourth-order valence-corrected chi connectivity index (χ4v) is 5.16. The van der Waals surface area contributed by atoms with Crippen LogP contribution in [0.3, 0.4) is 0 Å². The van der Waals surface area contributed by atoms with Crippen LogP contribution in [0, 0.1) is 0 Å². The van der Waals surface area contributed by atoms with Gasteiger partial charge in [0.15, 0.2) is 5.75 Å². The molecule has 16 nitrogen and oxygen atoms in total. The maximum Gasteiger partial charge on any atom is 0.317 e. The molecule has 1 N–H and O–H groups in total. The highest BCUT2D eigenvalue weighted by Gasteiger charge is 2.22. The number of carbonyl (C=O) groups is 1. The molecule has 0 saturated carbocycles. The fourth-order valence-electron chi connectivity index (χ4n) is 4.68. The molecular weight excluding hydrogens is 787 g/mol. The molecule has 0 fully saturated rings. The minimum absolute atomic E-state index is 0.0265. The number of amides is 1. The minimum Gasteiger partial charge on any atom is -0.505 e. The quantitative estimate of drug-likeness (QED) is 0.0506. The van der Waals surface area contributed by atoms with Crippen molar-refractivity contribution in [2.75, 3.05) is 113 Å². The van der Waals surface area contributed by atoms with E-state index in [4.69, 9.17) is 70.7 Å². The van der Waals surface area contributed by atoms with Crippen molar-refractivity contribution >= 4 is 29.1 Å². The van der Waals surface area contributed by atoms with Crippen molar-refractivity contribution in [1.29, 1.82) is 0 Å². The van der Waals surface area contributed by atoms with Crippen LogP contribution < -0.4 is 4.74 Å². The molecule has 312 valence electrons. The topological polar surface area (TPSA) is 164 Å². The molecule has 1 aromatic heterocycles. The monoisotopic (exact) mass is 836 g/mol. The Labute approximate surface area is 342 Å². The van der Waals surface area contributed by atoms with Crippen LogP contribution in [0.4, 0.5) is 0 Å². The third-order valence-corrected chi connectivity index (χ3v) is 8.12. The molecule has 1 heterocycles. The maximum absolute atomic E-state index is 13.6. The zero-order chi connectivity index (χ0) is 40.3. The van der Waals surface area contributed by atoms with Gasteiger partial charge < -0.3 is 47.7 Å². The summed E-state index contributed by atoms with van der Waals surface area (Å²) in [5, 5.41) is 15.4. The molecule has 0 aliphatic carbocycles. The van der Waals surface area contributed by atoms with Crippen LogP contribution in [0.2, 0.25) is 10.0 Å². The Kier molecular flexibility index (Phi) is 22.2. The molecule has 0 aliphatic heterocycles. The van der Waals surface area contributed by atoms with Gasteiger partial charge in [-0.2, -0.15) is 0 Å². The van der Waals surface area contributed by atoms with Crippen LogP contribution in [-0.2, 0) is 49.3 Å². The lowest BCUT2D eigenvalue weighted by molar-refractivity contribution is -0.143. The number of methoxy groups -OCH3 is 1. The number of para-hydroxylation sites is 1. The number of benzene rings is 3. The number of rotatable bonds is 31. The Morgan fingerprint density at radius 3 is 1.60 bits per heavy atom. The van der Waals surface area contributed by atoms with Gasteiger partial charge in [0.2, 0.25) is 5.82 Å². The number of hydrogen-bond donors (Lipinski definition) is 1. The van der Waals surface area contributed by atoms with E-state index in [2.05, 4.69) is 10.1 Å². The molecule has 0 bridgehead atoms. The second-order valence-corrected chi connectivity index (χ2v) is 12.6. The Hall–Kier alpha value is -3.91. The molecule has 0 atom stereocenters. The van der Waals surface area contributed by atoms with E-state index >= 15 is 0 Å². The van der Waals surface area contributed by atoms with Gasteiger partial charge in [-0.25, -0.2) is 14.7 Å². The van der Waals surface area contributed by atoms with Crippen molar-refractivity contribution in [3.63, 3.8) is 0 Å². The van der Waals surface area contributed by atoms with Crippen LogP contribution in [-0.4, -0.2) is 144 Å². The van der Waals surface area contributed by atoms with Gasteiger partial charge in [0.1, 0.15) is 17.8 Å². The molecule has 0 aliphatic rings. The summed E-state index contributed by atoms with van der Waals surface area (Å²) in [6.07, 6.45) is 1.34. The number of halogens is 2. The second-order valence-electron chi connectivity index (χ2n) is 11.8. The molecule has 1 amide bonds. The summed E-state index contributed by atoms with van der Waals surface area (Å²) in [5.74, 6) is 0.362. The third kappa shape index (κ3) is 18.1. The first-order valence-corrected chi connectivity index (χ1v) is 19.1. The zero-order valence-electron chi connectivity index (χ0n) is 31.9. The molecule has 0 unspecified atom stereocenters. The summed E-state index contributed by atoms with van der Waals surface area (Å²) in [6, 6.07) is 19.6. The fraction of sp³-hybridized carbons (Fsp3) is 0.462. The van der Waals surface area contributed by atoms with Gasteiger partial charge in [0.05, 0.1) is 128 Å². The van der Waals surface area contributed by atoms with Crippen LogP contribution in [0.25, 0.3) is 5.69 Å². The zero-order valence-corrected chi connectivity index (χ0v) is 33.4. The summed E-state index contributed by atoms with van der Waals surface area (Å²) in [4.78, 5) is 23.6. The highest BCUT2D eigenvalue weighted by Crippen LogP contribution is 2.33. The van der Waals surface area contributed by atoms with Gasteiger partial charge in [-0.15, -0.1) is 5.10 Å². The first-order chi connectivity index (χ1) is 27.9. The first kappa shape index (κ1) is 45.8. The van der Waals surface area contributed by atoms with E-state index in [1.165, 1.54) is 23.1 Å². The van der Waals surface area contributed by atoms with Crippen molar-refractivity contribution in [3.05, 3.63) is 94.5 Å². The SMILES string of the molecule is COCCOCCOCCOCCOCCOCCOCCOCCON(Cc1ccc(Oc2ccccc2)cc1)C(=O)c1ncn(-c2cc(Cl)c(O)c(Cl)c2)n1. The van der Waals surface area contributed by atoms with Crippen LogP contribution >= 0.6 is 23.2 Å². The molecule has 4 aromatic rings. The third-order valence-electron chi connectivity index (χ3n) is 7.54. The Morgan fingerprint density at radius 2 is 1.11 bits per heavy atom. The smallest absolute Gasteiger partial charge is 0.317 e. The number of carbonyl (C=O) groups excluding carboxylic acids is 1. The van der Waals surface area contributed by atoms with Crippen molar-refractivity contribution in [3.8, 4) is 22.9 Å². The van der Waals surface area contributed by atoms with Gasteiger partial charge in [-0.1, -0.05) is 53.5 Å². The Morgan fingerprint density at radius 1 is 0.649 bits per heavy atom. The lowest BCUT2D eigenvalue weighted by Gasteiger charge is -2.21. The highest BCUT2D eigenvalue weighted by atomic mass is 35.5. The molecule has 57 heavy (non-hydrogen) atoms. The molecule has 0 saturated heterocycles. The molecule has 18 heteroatoms. The van der Waals surface area contributed by atoms with Gasteiger partial charge in [-0.3, -0.25) is 9.63 Å². The highest BCUT2D eigenvalue weighted by molar-refractivity contribution is 6.37. The molecule has 0 radical (unpaired) electrons. The summed E-state index contributed by atoms with van der Waals surface area (Å²) in [7, 11) is 1.63. The largest absolute Gasteiger partial charge is 0.505 e. The average Bonchev–Trinajstić information content (AvgIpc) is 3.72. The summed E-state index contributed by atoms with van der Waals surface area (Å²) < 4.78 is 50.5. The van der Waals surface area contributed by atoms with Crippen molar-refractivity contribution in [1.82, 2.24) is 19.8 Å². The van der Waals surface area contributed by atoms with Gasteiger partial charge in [-0.05, 0) is 42.0 Å². The number of aromatic nitrogens is 3. The van der Waals surface area contributed by atoms with Crippen molar-refractivity contribution < 1.29 is 57.4 Å². The number of hydroxylamine groups is 2. The number of phenols is 1. The average molecular weight is 838 g/mol. The van der Waals surface area contributed by atoms with E-state index in [9.17, 15) is 9.90 Å². The lowest BCUT2D eigenvalue weighted by atomic mass is 10.2. The van der Waals surface area contributed by atoms with Gasteiger partial charge in [0.25, 0.3) is 0 Å². The predicted molar refractivity (Wildman–Crippen MR) is 209 cm³/mol. The molecular formula is C39H50Cl2N4O12. The van der Waals surface area contributed by atoms with Crippen molar-refractivity contribution in [2.24, 2.45) is 0 Å². The molecule has 0 spiro atoms. The van der Waals surface area contributed by atoms with E-state index in [0.717, 1.165) is 10.6 Å². The molecule has 3 aromatic carbocycles. The maximum atomic E-state index is 13.6. The standard InChI is InChI=1S/C39H50Cl2N4O12/c1-48-11-12-49-13-14-50-15-16-51-17-18-52-19-20-53-21-22-54-23-24-55-25-26-56-45(29-31-7-9-34(10-8-31)57-33-5-3-2-4-6-33)39(47)38-42-30-44(43-38)32-27-35(40)37(46)36(41)28-32/h2-10,27-28,30,46H,11-26,29H2,1H3. The van der Waals surface area contributed by atoms with Crippen LogP contribution in [0.1, 0.15) is 16.2 Å². The van der Waals surface area contributed by atoms with Crippen molar-refractivity contribution in [2.45, 2.75) is 6.54 Å². The number of ether oxygens (including phenoxy) is 9. The summed E-state index contributed by atoms with van der Waals surface area (Å²) in [6.45, 7) is 6.87. The minimum atomic E-state index is -0.589. The second kappa shape index (κ2) is 27.7. The van der Waals surface area contributed by atoms with E-state index in [1.54, 1.807) is 19.2 Å². The Balaban J connectivity index is 1.10. The molecule has 4 rings (SSSR count). The summed E-state index contributed by atoms with van der Waals surface area (Å²) in [5.41, 5.74) is 1.17. The van der Waals surface area contributed by atoms with E-state index in [1.807, 2.05) is 42.5 Å². The number of nitrogens with zero attached hydrogens (tertiary/aromatic N) is 4. The normalized spacial score (nSPS) is 11.3. The van der Waals surface area contributed by atoms with E-state index in [0.29, 0.717) is 110 Å². The summed E-state index contributed by atoms with van der Waals surface area (Å²) >= 11 is 12.2.